The molecule has 1 amide bonds. The van der Waals surface area contributed by atoms with E-state index in [0.29, 0.717) is 0 Å². The molecule has 9 heteroatoms. The summed E-state index contributed by atoms with van der Waals surface area (Å²) in [6, 6.07) is -1.39. The van der Waals surface area contributed by atoms with Gasteiger partial charge in [0.2, 0.25) is 5.91 Å². The number of carbonyl (C=O) groups excluding carboxylic acids is 1. The van der Waals surface area contributed by atoms with Crippen LogP contribution in [0.5, 0.6) is 0 Å². The van der Waals surface area contributed by atoms with Crippen LogP contribution in [0.4, 0.5) is 0 Å². The highest BCUT2D eigenvalue weighted by molar-refractivity contribution is 7.87. The highest BCUT2D eigenvalue weighted by atomic mass is 32.2. The van der Waals surface area contributed by atoms with Crippen molar-refractivity contribution in [3.05, 3.63) is 0 Å². The lowest BCUT2D eigenvalue weighted by atomic mass is 10.1. The maximum Gasteiger partial charge on any atom is 0.321 e. The molecule has 0 aromatic carbocycles. The molecule has 0 spiro atoms. The van der Waals surface area contributed by atoms with Crippen molar-refractivity contribution < 1.29 is 23.1 Å². The van der Waals surface area contributed by atoms with Gasteiger partial charge in [-0.15, -0.1) is 0 Å². The number of carboxylic acids is 1. The lowest BCUT2D eigenvalue weighted by Crippen LogP contribution is -2.52. The average molecular weight is 281 g/mol. The van der Waals surface area contributed by atoms with Crippen LogP contribution in [0.2, 0.25) is 0 Å². The fourth-order valence-corrected chi connectivity index (χ4v) is 2.60. The number of primary amides is 1. The molecular weight excluding hydrogens is 262 g/mol. The molecule has 0 heterocycles. The minimum atomic E-state index is -3.96. The fourth-order valence-electron chi connectivity index (χ4n) is 1.14. The molecule has 0 bridgehead atoms. The van der Waals surface area contributed by atoms with E-state index < -0.39 is 33.7 Å². The van der Waals surface area contributed by atoms with Crippen LogP contribution >= 0.6 is 0 Å². The van der Waals surface area contributed by atoms with Gasteiger partial charge in [-0.1, -0.05) is 0 Å². The predicted octanol–water partition coefficient (Wildman–Crippen LogP) is -1.07. The Kier molecular flexibility index (Phi) is 5.71. The standard InChI is InChI=1S/C9H19N3O5S/c1-9(2,3)12-18(16,17)11-6(8(14)15)4-5-7(10)13/h6,11-12H,4-5H2,1-3H3,(H2,10,13)(H,14,15)/t6-/m0/s1. The third-order valence-electron chi connectivity index (χ3n) is 1.72. The van der Waals surface area contributed by atoms with Gasteiger partial charge in [0.15, 0.2) is 0 Å². The Morgan fingerprint density at radius 2 is 1.83 bits per heavy atom. The maximum absolute atomic E-state index is 11.6. The summed E-state index contributed by atoms with van der Waals surface area (Å²) in [6.45, 7) is 4.85. The van der Waals surface area contributed by atoms with Crippen molar-refractivity contribution in [2.24, 2.45) is 5.73 Å². The Bertz CT molecular complexity index is 412. The van der Waals surface area contributed by atoms with E-state index in [1.54, 1.807) is 20.8 Å². The van der Waals surface area contributed by atoms with E-state index in [-0.39, 0.29) is 12.8 Å². The lowest BCUT2D eigenvalue weighted by Gasteiger charge is -2.22. The van der Waals surface area contributed by atoms with Crippen molar-refractivity contribution in [1.29, 1.82) is 0 Å². The molecule has 0 unspecified atom stereocenters. The van der Waals surface area contributed by atoms with Gasteiger partial charge in [0.05, 0.1) is 0 Å². The SMILES string of the molecule is CC(C)(C)NS(=O)(=O)N[C@@H](CCC(N)=O)C(=O)O. The van der Waals surface area contributed by atoms with Gasteiger partial charge in [0.25, 0.3) is 10.2 Å². The second kappa shape index (κ2) is 6.12. The zero-order chi connectivity index (χ0) is 14.6. The second-order valence-corrected chi connectivity index (χ2v) is 6.32. The number of amides is 1. The first kappa shape index (κ1) is 16.8. The van der Waals surface area contributed by atoms with Crippen molar-refractivity contribution in [2.45, 2.75) is 45.2 Å². The van der Waals surface area contributed by atoms with Crippen LogP contribution < -0.4 is 15.2 Å². The molecule has 0 saturated carbocycles. The Morgan fingerprint density at radius 3 is 2.17 bits per heavy atom. The molecule has 0 fully saturated rings. The van der Waals surface area contributed by atoms with Crippen molar-refractivity contribution >= 4 is 22.1 Å². The van der Waals surface area contributed by atoms with Gasteiger partial charge in [-0.25, -0.2) is 0 Å². The Morgan fingerprint density at radius 1 is 1.33 bits per heavy atom. The van der Waals surface area contributed by atoms with Crippen molar-refractivity contribution in [1.82, 2.24) is 9.44 Å². The topological polar surface area (TPSA) is 139 Å². The summed E-state index contributed by atoms with van der Waals surface area (Å²) in [4.78, 5) is 21.4. The molecule has 0 aromatic heterocycles. The molecule has 0 saturated heterocycles. The van der Waals surface area contributed by atoms with Gasteiger partial charge in [-0.3, -0.25) is 9.59 Å². The van der Waals surface area contributed by atoms with Gasteiger partial charge >= 0.3 is 5.97 Å². The minimum absolute atomic E-state index is 0.199. The molecule has 8 nitrogen and oxygen atoms in total. The van der Waals surface area contributed by atoms with Gasteiger partial charge in [0, 0.05) is 12.0 Å². The van der Waals surface area contributed by atoms with E-state index in [9.17, 15) is 18.0 Å². The van der Waals surface area contributed by atoms with Crippen molar-refractivity contribution in [2.75, 3.05) is 0 Å². The van der Waals surface area contributed by atoms with Crippen molar-refractivity contribution in [3.8, 4) is 0 Å². The van der Waals surface area contributed by atoms with Crippen LogP contribution in [0, 0.1) is 0 Å². The van der Waals surface area contributed by atoms with E-state index in [1.807, 2.05) is 4.72 Å². The Hall–Kier alpha value is -1.19. The smallest absolute Gasteiger partial charge is 0.321 e. The summed E-state index contributed by atoms with van der Waals surface area (Å²) < 4.78 is 27.4. The van der Waals surface area contributed by atoms with Gasteiger partial charge in [-0.05, 0) is 27.2 Å². The molecule has 5 N–H and O–H groups in total. The quantitative estimate of drug-likeness (QED) is 0.470. The number of nitrogens with two attached hydrogens (primary N) is 1. The monoisotopic (exact) mass is 281 g/mol. The Balaban J connectivity index is 4.68. The first-order chi connectivity index (χ1) is 7.93. The summed E-state index contributed by atoms with van der Waals surface area (Å²) >= 11 is 0. The summed E-state index contributed by atoms with van der Waals surface area (Å²) in [7, 11) is -3.96. The molecule has 0 rings (SSSR count). The van der Waals surface area contributed by atoms with Crippen molar-refractivity contribution in [3.63, 3.8) is 0 Å². The maximum atomic E-state index is 11.6. The van der Waals surface area contributed by atoms with Crippen LogP contribution in [0.1, 0.15) is 33.6 Å². The van der Waals surface area contributed by atoms with E-state index >= 15 is 0 Å². The molecule has 0 aliphatic rings. The molecule has 0 radical (unpaired) electrons. The third-order valence-corrected chi connectivity index (χ3v) is 3.19. The first-order valence-corrected chi connectivity index (χ1v) is 6.73. The predicted molar refractivity (Wildman–Crippen MR) is 64.8 cm³/mol. The first-order valence-electron chi connectivity index (χ1n) is 5.25. The molecule has 18 heavy (non-hydrogen) atoms. The average Bonchev–Trinajstić information content (AvgIpc) is 2.07. The van der Waals surface area contributed by atoms with Gasteiger partial charge < -0.3 is 10.8 Å². The fraction of sp³-hybridized carbons (Fsp3) is 0.778. The number of carboxylic acid groups (broad SMARTS) is 1. The number of hydrogen-bond acceptors (Lipinski definition) is 4. The number of rotatable bonds is 7. The second-order valence-electron chi connectivity index (χ2n) is 4.87. The van der Waals surface area contributed by atoms with Crippen LogP contribution in [-0.4, -0.2) is 37.0 Å². The van der Waals surface area contributed by atoms with Crippen LogP contribution in [0.25, 0.3) is 0 Å². The van der Waals surface area contributed by atoms with Crippen LogP contribution in [0.15, 0.2) is 0 Å². The summed E-state index contributed by atoms with van der Waals surface area (Å²) in [5, 5.41) is 8.84. The molecule has 106 valence electrons. The molecule has 0 aliphatic heterocycles. The highest BCUT2D eigenvalue weighted by Crippen LogP contribution is 2.04. The van der Waals surface area contributed by atoms with E-state index in [4.69, 9.17) is 10.8 Å². The number of hydrogen-bond donors (Lipinski definition) is 4. The van der Waals surface area contributed by atoms with Crippen LogP contribution in [-0.2, 0) is 19.8 Å². The van der Waals surface area contributed by atoms with Gasteiger partial charge in [-0.2, -0.15) is 17.9 Å². The lowest BCUT2D eigenvalue weighted by molar-refractivity contribution is -0.139. The normalized spacial score (nSPS) is 14.2. The zero-order valence-electron chi connectivity index (χ0n) is 10.6. The van der Waals surface area contributed by atoms with E-state index in [2.05, 4.69) is 4.72 Å². The molecule has 1 atom stereocenters. The number of nitrogens with one attached hydrogen (secondary N) is 2. The Labute approximate surface area is 106 Å². The minimum Gasteiger partial charge on any atom is -0.480 e. The molecule has 0 aromatic rings. The zero-order valence-corrected chi connectivity index (χ0v) is 11.4. The largest absolute Gasteiger partial charge is 0.480 e. The van der Waals surface area contributed by atoms with E-state index in [1.165, 1.54) is 0 Å². The van der Waals surface area contributed by atoms with Gasteiger partial charge in [0.1, 0.15) is 6.04 Å². The summed E-state index contributed by atoms with van der Waals surface area (Å²) in [5.41, 5.74) is 4.14. The van der Waals surface area contributed by atoms with E-state index in [0.717, 1.165) is 0 Å². The highest BCUT2D eigenvalue weighted by Gasteiger charge is 2.27. The number of aliphatic carboxylic acids is 1. The summed E-state index contributed by atoms with van der Waals surface area (Å²) in [5.74, 6) is -2.06. The third kappa shape index (κ3) is 7.98. The van der Waals surface area contributed by atoms with Crippen LogP contribution in [0.3, 0.4) is 0 Å². The molecular formula is C9H19N3O5S. The number of carbonyl (C=O) groups is 2. The summed E-state index contributed by atoms with van der Waals surface area (Å²) in [6.07, 6.45) is -0.412. The molecule has 0 aliphatic carbocycles.